The van der Waals surface area contributed by atoms with Crippen LogP contribution in [0, 0.1) is 6.92 Å². The number of nitrogens with zero attached hydrogens (tertiary/aromatic N) is 1. The van der Waals surface area contributed by atoms with Crippen LogP contribution in [0.15, 0.2) is 30.3 Å². The standard InChI is InChI=1S/C23H26N2O6/c1-13-6-7-16-17(10-13)23(28)25(22(16)27)9-8-20(26)24-14(2)15-11-18(29-3)21(31-5)19(12-15)30-4/h6-7,10-12,14H,8-9H2,1-5H3,(H,24,26)/t14-/m0/s1. The molecule has 1 heterocycles. The van der Waals surface area contributed by atoms with Gasteiger partial charge in [-0.25, -0.2) is 0 Å². The Labute approximate surface area is 181 Å². The molecule has 0 aromatic heterocycles. The Kier molecular flexibility index (Phi) is 6.48. The minimum absolute atomic E-state index is 0.000779. The number of benzene rings is 2. The molecule has 0 aliphatic carbocycles. The second-order valence-corrected chi connectivity index (χ2v) is 7.31. The molecule has 0 saturated carbocycles. The topological polar surface area (TPSA) is 94.2 Å². The number of hydrogen-bond donors (Lipinski definition) is 1. The highest BCUT2D eigenvalue weighted by Crippen LogP contribution is 2.39. The van der Waals surface area contributed by atoms with Gasteiger partial charge < -0.3 is 19.5 Å². The maximum atomic E-state index is 12.6. The van der Waals surface area contributed by atoms with Gasteiger partial charge in [0.1, 0.15) is 0 Å². The molecule has 31 heavy (non-hydrogen) atoms. The van der Waals surface area contributed by atoms with Crippen molar-refractivity contribution in [2.45, 2.75) is 26.3 Å². The summed E-state index contributed by atoms with van der Waals surface area (Å²) in [7, 11) is 4.56. The number of carbonyl (C=O) groups excluding carboxylic acids is 3. The van der Waals surface area contributed by atoms with E-state index in [1.54, 1.807) is 30.3 Å². The van der Waals surface area contributed by atoms with E-state index in [9.17, 15) is 14.4 Å². The molecule has 2 aromatic rings. The Morgan fingerprint density at radius 3 is 2.16 bits per heavy atom. The van der Waals surface area contributed by atoms with Gasteiger partial charge in [-0.3, -0.25) is 19.3 Å². The van der Waals surface area contributed by atoms with Crippen LogP contribution >= 0.6 is 0 Å². The number of ether oxygens (including phenoxy) is 3. The molecule has 1 aliphatic heterocycles. The van der Waals surface area contributed by atoms with E-state index in [2.05, 4.69) is 5.32 Å². The van der Waals surface area contributed by atoms with Crippen LogP contribution in [0.25, 0.3) is 0 Å². The largest absolute Gasteiger partial charge is 0.493 e. The number of carbonyl (C=O) groups is 3. The molecule has 0 saturated heterocycles. The summed E-state index contributed by atoms with van der Waals surface area (Å²) in [6.45, 7) is 3.70. The molecule has 1 aliphatic rings. The predicted octanol–water partition coefficient (Wildman–Crippen LogP) is 2.88. The number of amides is 3. The molecule has 0 radical (unpaired) electrons. The van der Waals surface area contributed by atoms with Crippen LogP contribution in [0.1, 0.15) is 51.2 Å². The molecule has 0 bridgehead atoms. The van der Waals surface area contributed by atoms with Crippen LogP contribution in [0.5, 0.6) is 17.2 Å². The Hall–Kier alpha value is -3.55. The van der Waals surface area contributed by atoms with Crippen molar-refractivity contribution >= 4 is 17.7 Å². The summed E-state index contributed by atoms with van der Waals surface area (Å²) < 4.78 is 16.0. The third-order valence-corrected chi connectivity index (χ3v) is 5.25. The first kappa shape index (κ1) is 22.1. The number of methoxy groups -OCH3 is 3. The van der Waals surface area contributed by atoms with E-state index in [0.717, 1.165) is 16.0 Å². The molecule has 8 nitrogen and oxygen atoms in total. The van der Waals surface area contributed by atoms with Crippen LogP contribution in [0.4, 0.5) is 0 Å². The second kappa shape index (κ2) is 9.07. The van der Waals surface area contributed by atoms with Crippen molar-refractivity contribution in [1.29, 1.82) is 0 Å². The van der Waals surface area contributed by atoms with Crippen molar-refractivity contribution < 1.29 is 28.6 Å². The summed E-state index contributed by atoms with van der Waals surface area (Å²) in [6, 6.07) is 8.31. The van der Waals surface area contributed by atoms with Gasteiger partial charge in [-0.1, -0.05) is 11.6 Å². The summed E-state index contributed by atoms with van der Waals surface area (Å²) in [5, 5.41) is 2.88. The Bertz CT molecular complexity index is 1010. The van der Waals surface area contributed by atoms with Crippen molar-refractivity contribution in [3.8, 4) is 17.2 Å². The molecule has 8 heteroatoms. The van der Waals surface area contributed by atoms with E-state index in [4.69, 9.17) is 14.2 Å². The molecule has 164 valence electrons. The smallest absolute Gasteiger partial charge is 0.261 e. The fourth-order valence-electron chi connectivity index (χ4n) is 3.57. The lowest BCUT2D eigenvalue weighted by Crippen LogP contribution is -2.35. The Morgan fingerprint density at radius 1 is 0.968 bits per heavy atom. The van der Waals surface area contributed by atoms with E-state index in [1.807, 2.05) is 13.8 Å². The first-order valence-electron chi connectivity index (χ1n) is 9.86. The molecular formula is C23H26N2O6. The third kappa shape index (κ3) is 4.33. The zero-order valence-electron chi connectivity index (χ0n) is 18.3. The zero-order chi connectivity index (χ0) is 22.7. The minimum atomic E-state index is -0.370. The number of imide groups is 1. The van der Waals surface area contributed by atoms with Crippen molar-refractivity contribution in [2.24, 2.45) is 0 Å². The minimum Gasteiger partial charge on any atom is -0.493 e. The number of hydrogen-bond acceptors (Lipinski definition) is 6. The van der Waals surface area contributed by atoms with Crippen molar-refractivity contribution in [3.63, 3.8) is 0 Å². The fourth-order valence-corrected chi connectivity index (χ4v) is 3.57. The van der Waals surface area contributed by atoms with Gasteiger partial charge in [-0.2, -0.15) is 0 Å². The number of rotatable bonds is 8. The molecule has 0 spiro atoms. The molecule has 3 rings (SSSR count). The normalized spacial score (nSPS) is 13.6. The van der Waals surface area contributed by atoms with Gasteiger partial charge in [0.05, 0.1) is 38.5 Å². The summed E-state index contributed by atoms with van der Waals surface area (Å²) in [4.78, 5) is 38.7. The lowest BCUT2D eigenvalue weighted by Gasteiger charge is -2.19. The SMILES string of the molecule is COc1cc([C@H](C)NC(=O)CCN2C(=O)c3ccc(C)cc3C2=O)cc(OC)c1OC. The van der Waals surface area contributed by atoms with Gasteiger partial charge in [0, 0.05) is 13.0 Å². The van der Waals surface area contributed by atoms with Crippen LogP contribution in [0.2, 0.25) is 0 Å². The average Bonchev–Trinajstić information content (AvgIpc) is 2.99. The van der Waals surface area contributed by atoms with Gasteiger partial charge >= 0.3 is 0 Å². The van der Waals surface area contributed by atoms with Gasteiger partial charge in [0.15, 0.2) is 11.5 Å². The number of aryl methyl sites for hydroxylation is 1. The summed E-state index contributed by atoms with van der Waals surface area (Å²) in [6.07, 6.45) is -0.000779. The van der Waals surface area contributed by atoms with Crippen molar-refractivity contribution in [3.05, 3.63) is 52.6 Å². The highest BCUT2D eigenvalue weighted by Gasteiger charge is 2.35. The van der Waals surface area contributed by atoms with E-state index in [0.29, 0.717) is 28.4 Å². The second-order valence-electron chi connectivity index (χ2n) is 7.31. The van der Waals surface area contributed by atoms with E-state index < -0.39 is 0 Å². The summed E-state index contributed by atoms with van der Waals surface area (Å²) in [5.74, 6) is 0.417. The molecule has 1 atom stereocenters. The van der Waals surface area contributed by atoms with E-state index >= 15 is 0 Å². The highest BCUT2D eigenvalue weighted by atomic mass is 16.5. The van der Waals surface area contributed by atoms with Crippen molar-refractivity contribution in [1.82, 2.24) is 10.2 Å². The molecule has 1 N–H and O–H groups in total. The first-order valence-corrected chi connectivity index (χ1v) is 9.86. The van der Waals surface area contributed by atoms with E-state index in [-0.39, 0.29) is 36.7 Å². The molecule has 3 amide bonds. The number of fused-ring (bicyclic) bond motifs is 1. The zero-order valence-corrected chi connectivity index (χ0v) is 18.3. The Morgan fingerprint density at radius 2 is 1.58 bits per heavy atom. The maximum absolute atomic E-state index is 12.6. The average molecular weight is 426 g/mol. The van der Waals surface area contributed by atoms with Crippen LogP contribution < -0.4 is 19.5 Å². The van der Waals surface area contributed by atoms with Crippen molar-refractivity contribution in [2.75, 3.05) is 27.9 Å². The van der Waals surface area contributed by atoms with Crippen LogP contribution in [-0.4, -0.2) is 50.5 Å². The highest BCUT2D eigenvalue weighted by molar-refractivity contribution is 6.21. The van der Waals surface area contributed by atoms with Crippen LogP contribution in [0.3, 0.4) is 0 Å². The lowest BCUT2D eigenvalue weighted by atomic mass is 10.1. The van der Waals surface area contributed by atoms with Gasteiger partial charge in [-0.15, -0.1) is 0 Å². The first-order chi connectivity index (χ1) is 14.8. The molecule has 2 aromatic carbocycles. The molecule has 0 fully saturated rings. The summed E-state index contributed by atoms with van der Waals surface area (Å²) in [5.41, 5.74) is 2.43. The maximum Gasteiger partial charge on any atom is 0.261 e. The Balaban J connectivity index is 1.65. The lowest BCUT2D eigenvalue weighted by molar-refractivity contribution is -0.121. The number of nitrogens with one attached hydrogen (secondary N) is 1. The monoisotopic (exact) mass is 426 g/mol. The quantitative estimate of drug-likeness (QED) is 0.653. The molecular weight excluding hydrogens is 400 g/mol. The van der Waals surface area contributed by atoms with Gasteiger partial charge in [0.2, 0.25) is 11.7 Å². The van der Waals surface area contributed by atoms with E-state index in [1.165, 1.54) is 21.3 Å². The molecule has 0 unspecified atom stereocenters. The predicted molar refractivity (Wildman–Crippen MR) is 114 cm³/mol. The van der Waals surface area contributed by atoms with Crippen LogP contribution in [-0.2, 0) is 4.79 Å². The fraction of sp³-hybridized carbons (Fsp3) is 0.348. The van der Waals surface area contributed by atoms with Gasteiger partial charge in [0.25, 0.3) is 11.8 Å². The van der Waals surface area contributed by atoms with Gasteiger partial charge in [-0.05, 0) is 43.7 Å². The summed E-state index contributed by atoms with van der Waals surface area (Å²) >= 11 is 0. The third-order valence-electron chi connectivity index (χ3n) is 5.25.